The summed E-state index contributed by atoms with van der Waals surface area (Å²) in [4.78, 5) is 2.31. The number of rotatable bonds is 1. The summed E-state index contributed by atoms with van der Waals surface area (Å²) in [6.07, 6.45) is 2.33. The van der Waals surface area contributed by atoms with E-state index in [0.717, 1.165) is 24.1 Å². The molecule has 0 amide bonds. The van der Waals surface area contributed by atoms with E-state index in [1.54, 1.807) is 0 Å². The molecule has 0 N–H and O–H groups in total. The molecule has 2 heterocycles. The molecule has 0 bridgehead atoms. The van der Waals surface area contributed by atoms with Gasteiger partial charge in [-0.05, 0) is 36.1 Å². The second kappa shape index (κ2) is 5.54. The summed E-state index contributed by atoms with van der Waals surface area (Å²) in [6.45, 7) is 1.50. The average molecular weight is 348 g/mol. The van der Waals surface area contributed by atoms with Gasteiger partial charge in [-0.3, -0.25) is 4.90 Å². The Morgan fingerprint density at radius 2 is 1.71 bits per heavy atom. The Hall–Kier alpha value is -1.19. The summed E-state index contributed by atoms with van der Waals surface area (Å²) >= 11 is 0. The van der Waals surface area contributed by atoms with E-state index in [4.69, 9.17) is 0 Å². The number of fused-ring (bicyclic) bond motifs is 3. The van der Waals surface area contributed by atoms with Crippen molar-refractivity contribution in [3.8, 4) is 0 Å². The summed E-state index contributed by atoms with van der Waals surface area (Å²) in [6, 6.07) is 18.1. The fourth-order valence-electron chi connectivity index (χ4n) is 3.83. The van der Waals surface area contributed by atoms with Crippen LogP contribution < -0.4 is 0 Å². The molecular formula is C18H19BrFN. The molecule has 0 unspecified atom stereocenters. The summed E-state index contributed by atoms with van der Waals surface area (Å²) in [5, 5.41) is 0. The van der Waals surface area contributed by atoms with Crippen molar-refractivity contribution in [2.75, 3.05) is 13.1 Å². The third kappa shape index (κ3) is 2.23. The lowest BCUT2D eigenvalue weighted by atomic mass is 9.79. The first-order chi connectivity index (χ1) is 9.79. The van der Waals surface area contributed by atoms with Gasteiger partial charge in [0.05, 0.1) is 0 Å². The monoisotopic (exact) mass is 347 g/mol. The van der Waals surface area contributed by atoms with Crippen LogP contribution in [-0.4, -0.2) is 18.0 Å². The summed E-state index contributed by atoms with van der Waals surface area (Å²) < 4.78 is 15.9. The quantitative estimate of drug-likeness (QED) is 0.726. The van der Waals surface area contributed by atoms with E-state index < -0.39 is 5.67 Å². The van der Waals surface area contributed by atoms with E-state index in [1.807, 2.05) is 48.5 Å². The first-order valence-electron chi connectivity index (χ1n) is 7.37. The smallest absolute Gasteiger partial charge is 0.173 e. The summed E-state index contributed by atoms with van der Waals surface area (Å²) in [5.41, 5.74) is 1.45. The number of hydrogen-bond donors (Lipinski definition) is 0. The molecule has 2 aromatic carbocycles. The zero-order valence-corrected chi connectivity index (χ0v) is 13.5. The second-order valence-corrected chi connectivity index (χ2v) is 5.88. The van der Waals surface area contributed by atoms with Crippen molar-refractivity contribution >= 4 is 17.0 Å². The van der Waals surface area contributed by atoms with Gasteiger partial charge in [0, 0.05) is 12.6 Å². The van der Waals surface area contributed by atoms with E-state index in [1.165, 1.54) is 12.0 Å². The minimum absolute atomic E-state index is 0. The molecule has 1 fully saturated rings. The standard InChI is InChI=1S/C18H18FN.BrH/c19-18(14-7-2-1-3-8-14)13-20-12-6-11-17(20)15-9-4-5-10-16(15)18;/h1-5,7-10,17H,6,11-13H2;1H/t17-,18-;/m0./s1. The normalized spacial score (nSPS) is 27.6. The van der Waals surface area contributed by atoms with E-state index in [0.29, 0.717) is 12.6 Å². The van der Waals surface area contributed by atoms with Gasteiger partial charge in [-0.15, -0.1) is 17.0 Å². The molecular weight excluding hydrogens is 329 g/mol. The molecule has 1 nitrogen and oxygen atoms in total. The lowest BCUT2D eigenvalue weighted by molar-refractivity contribution is 0.0954. The van der Waals surface area contributed by atoms with Crippen molar-refractivity contribution in [1.29, 1.82) is 0 Å². The van der Waals surface area contributed by atoms with Crippen molar-refractivity contribution in [3.63, 3.8) is 0 Å². The first-order valence-corrected chi connectivity index (χ1v) is 7.37. The fraction of sp³-hybridized carbons (Fsp3) is 0.333. The highest BCUT2D eigenvalue weighted by atomic mass is 79.9. The van der Waals surface area contributed by atoms with Gasteiger partial charge >= 0.3 is 0 Å². The SMILES string of the molecule is Br.F[C@]1(c2ccccc2)CN2CCC[C@H]2c2ccccc21. The van der Waals surface area contributed by atoms with E-state index in [9.17, 15) is 0 Å². The zero-order chi connectivity index (χ0) is 13.6. The molecule has 2 aliphatic heterocycles. The molecule has 0 spiro atoms. The highest BCUT2D eigenvalue weighted by Crippen LogP contribution is 2.48. The Balaban J connectivity index is 0.00000132. The van der Waals surface area contributed by atoms with Crippen LogP contribution >= 0.6 is 17.0 Å². The number of alkyl halides is 1. The molecule has 1 saturated heterocycles. The predicted molar refractivity (Wildman–Crippen MR) is 88.6 cm³/mol. The van der Waals surface area contributed by atoms with Crippen LogP contribution in [0.5, 0.6) is 0 Å². The van der Waals surface area contributed by atoms with Crippen LogP contribution in [0.3, 0.4) is 0 Å². The van der Waals surface area contributed by atoms with Crippen LogP contribution in [0.25, 0.3) is 0 Å². The third-order valence-electron chi connectivity index (χ3n) is 4.76. The summed E-state index contributed by atoms with van der Waals surface area (Å²) in [7, 11) is 0. The van der Waals surface area contributed by atoms with Gasteiger partial charge in [0.2, 0.25) is 0 Å². The van der Waals surface area contributed by atoms with Crippen molar-refractivity contribution in [2.24, 2.45) is 0 Å². The number of hydrogen-bond acceptors (Lipinski definition) is 1. The molecule has 0 aliphatic carbocycles. The molecule has 21 heavy (non-hydrogen) atoms. The molecule has 110 valence electrons. The molecule has 3 heteroatoms. The topological polar surface area (TPSA) is 3.24 Å². The minimum atomic E-state index is -1.38. The van der Waals surface area contributed by atoms with E-state index in [2.05, 4.69) is 11.0 Å². The molecule has 0 saturated carbocycles. The van der Waals surface area contributed by atoms with Gasteiger partial charge in [0.15, 0.2) is 5.67 Å². The Kier molecular flexibility index (Phi) is 3.89. The second-order valence-electron chi connectivity index (χ2n) is 5.88. The predicted octanol–water partition coefficient (Wildman–Crippen LogP) is 4.63. The molecule has 2 aromatic rings. The molecule has 4 rings (SSSR count). The van der Waals surface area contributed by atoms with Crippen molar-refractivity contribution in [2.45, 2.75) is 24.6 Å². The largest absolute Gasteiger partial charge is 0.292 e. The number of benzene rings is 2. The zero-order valence-electron chi connectivity index (χ0n) is 11.8. The van der Waals surface area contributed by atoms with Crippen molar-refractivity contribution in [1.82, 2.24) is 4.90 Å². The minimum Gasteiger partial charge on any atom is -0.292 e. The maximum absolute atomic E-state index is 15.9. The Morgan fingerprint density at radius 1 is 1.00 bits per heavy atom. The van der Waals surface area contributed by atoms with Crippen molar-refractivity contribution in [3.05, 3.63) is 71.3 Å². The van der Waals surface area contributed by atoms with Crippen LogP contribution in [0.15, 0.2) is 54.6 Å². The van der Waals surface area contributed by atoms with Gasteiger partial charge < -0.3 is 0 Å². The third-order valence-corrected chi connectivity index (χ3v) is 4.76. The van der Waals surface area contributed by atoms with Gasteiger partial charge in [0.1, 0.15) is 0 Å². The molecule has 0 aromatic heterocycles. The number of nitrogens with zero attached hydrogens (tertiary/aromatic N) is 1. The molecule has 0 radical (unpaired) electrons. The van der Waals surface area contributed by atoms with Gasteiger partial charge in [-0.1, -0.05) is 54.6 Å². The maximum Gasteiger partial charge on any atom is 0.173 e. The Morgan fingerprint density at radius 3 is 2.52 bits per heavy atom. The average Bonchev–Trinajstić information content (AvgIpc) is 2.97. The highest BCUT2D eigenvalue weighted by Gasteiger charge is 2.46. The number of halogens is 2. The fourth-order valence-corrected chi connectivity index (χ4v) is 3.83. The highest BCUT2D eigenvalue weighted by molar-refractivity contribution is 8.93. The Bertz CT molecular complexity index is 630. The van der Waals surface area contributed by atoms with E-state index in [-0.39, 0.29) is 17.0 Å². The van der Waals surface area contributed by atoms with Crippen molar-refractivity contribution < 1.29 is 4.39 Å². The van der Waals surface area contributed by atoms with Crippen LogP contribution in [0.2, 0.25) is 0 Å². The van der Waals surface area contributed by atoms with Gasteiger partial charge in [-0.25, -0.2) is 4.39 Å². The van der Waals surface area contributed by atoms with Crippen LogP contribution in [0.4, 0.5) is 4.39 Å². The molecule has 2 aliphatic rings. The van der Waals surface area contributed by atoms with Crippen LogP contribution in [0, 0.1) is 0 Å². The summed E-state index contributed by atoms with van der Waals surface area (Å²) in [5.74, 6) is 0. The van der Waals surface area contributed by atoms with Crippen LogP contribution in [0.1, 0.15) is 35.6 Å². The van der Waals surface area contributed by atoms with Gasteiger partial charge in [-0.2, -0.15) is 0 Å². The van der Waals surface area contributed by atoms with Crippen LogP contribution in [-0.2, 0) is 5.67 Å². The lowest BCUT2D eigenvalue weighted by Crippen LogP contribution is -2.44. The first kappa shape index (κ1) is 14.7. The maximum atomic E-state index is 15.9. The van der Waals surface area contributed by atoms with E-state index >= 15 is 4.39 Å². The van der Waals surface area contributed by atoms with Gasteiger partial charge in [0.25, 0.3) is 0 Å². The Labute approximate surface area is 135 Å². The molecule has 2 atom stereocenters. The lowest BCUT2D eigenvalue weighted by Gasteiger charge is -2.41.